The summed E-state index contributed by atoms with van der Waals surface area (Å²) in [5, 5.41) is 6.26. The third kappa shape index (κ3) is 4.98. The summed E-state index contributed by atoms with van der Waals surface area (Å²) in [7, 11) is 0. The van der Waals surface area contributed by atoms with Crippen LogP contribution in [-0.4, -0.2) is 54.1 Å². The average Bonchev–Trinajstić information content (AvgIpc) is 3.48. The van der Waals surface area contributed by atoms with Crippen molar-refractivity contribution in [3.8, 4) is 0 Å². The molecule has 0 aromatic heterocycles. The summed E-state index contributed by atoms with van der Waals surface area (Å²) in [4.78, 5) is 51.6. The number of rotatable bonds is 8. The first-order chi connectivity index (χ1) is 15.5. The number of amides is 3. The number of fused-ring (bicyclic) bond motifs is 1. The number of carbonyl (C=O) groups is 4. The third-order valence-electron chi connectivity index (χ3n) is 7.21. The van der Waals surface area contributed by atoms with Crippen molar-refractivity contribution in [3.63, 3.8) is 0 Å². The predicted octanol–water partition coefficient (Wildman–Crippen LogP) is 2.11. The molecule has 0 spiro atoms. The molecule has 2 aliphatic heterocycles. The maximum absolute atomic E-state index is 13.3. The smallest absolute Gasteiger partial charge is 0.243 e. The van der Waals surface area contributed by atoms with Gasteiger partial charge in [-0.15, -0.1) is 0 Å². The maximum Gasteiger partial charge on any atom is 0.243 e. The minimum atomic E-state index is -0.720. The first kappa shape index (κ1) is 22.8. The highest BCUT2D eigenvalue weighted by Crippen LogP contribution is 2.42. The number of hydrogen-bond donors (Lipinski definition) is 2. The maximum atomic E-state index is 13.3. The molecule has 2 N–H and O–H groups in total. The van der Waals surface area contributed by atoms with Crippen molar-refractivity contribution in [3.05, 3.63) is 34.9 Å². The van der Waals surface area contributed by atoms with Crippen LogP contribution < -0.4 is 10.6 Å². The Morgan fingerprint density at radius 1 is 1.22 bits per heavy atom. The Labute approximate surface area is 193 Å². The Balaban J connectivity index is 1.40. The van der Waals surface area contributed by atoms with Crippen LogP contribution in [0, 0.1) is 17.8 Å². The fraction of sp³-hybridized carbons (Fsp3) is 0.583. The van der Waals surface area contributed by atoms with Crippen LogP contribution in [0.2, 0.25) is 5.02 Å². The van der Waals surface area contributed by atoms with Crippen molar-refractivity contribution < 1.29 is 19.2 Å². The second-order valence-corrected chi connectivity index (χ2v) is 9.67. The number of aldehydes is 1. The molecule has 4 rings (SSSR count). The van der Waals surface area contributed by atoms with Crippen LogP contribution in [0.1, 0.15) is 44.1 Å². The molecule has 32 heavy (non-hydrogen) atoms. The molecule has 0 radical (unpaired) electrons. The Hall–Kier alpha value is -2.41. The third-order valence-corrected chi connectivity index (χ3v) is 7.47. The standard InChI is InChI=1S/C24H30ClN3O4/c25-18-7-4-15(5-8-18)6-9-21(30)28-13-17-2-1-3-20(17)22(28)24(32)27-19(14-29)12-16-10-11-26-23(16)31/h4-5,7-8,14,16-17,19-20,22H,1-3,6,9-13H2,(H,26,31)(H,27,32)/t16-,17-,19-,20+,22?/m0/s1. The molecule has 172 valence electrons. The molecule has 2 heterocycles. The van der Waals surface area contributed by atoms with Crippen LogP contribution in [0.25, 0.3) is 0 Å². The number of benzene rings is 1. The number of halogens is 1. The molecular formula is C24H30ClN3O4. The average molecular weight is 460 g/mol. The van der Waals surface area contributed by atoms with E-state index in [0.717, 1.165) is 24.8 Å². The van der Waals surface area contributed by atoms with Gasteiger partial charge in [0.05, 0.1) is 6.04 Å². The van der Waals surface area contributed by atoms with E-state index in [-0.39, 0.29) is 29.6 Å². The molecule has 0 bridgehead atoms. The monoisotopic (exact) mass is 459 g/mol. The van der Waals surface area contributed by atoms with E-state index in [0.29, 0.717) is 56.0 Å². The summed E-state index contributed by atoms with van der Waals surface area (Å²) < 4.78 is 0. The first-order valence-corrected chi connectivity index (χ1v) is 11.9. The summed E-state index contributed by atoms with van der Waals surface area (Å²) in [5.74, 6) is -0.161. The van der Waals surface area contributed by atoms with Gasteiger partial charge in [-0.25, -0.2) is 0 Å². The topological polar surface area (TPSA) is 95.6 Å². The van der Waals surface area contributed by atoms with Gasteiger partial charge in [-0.3, -0.25) is 14.4 Å². The lowest BCUT2D eigenvalue weighted by molar-refractivity contribution is -0.140. The van der Waals surface area contributed by atoms with Gasteiger partial charge in [0, 0.05) is 30.5 Å². The molecule has 3 fully saturated rings. The summed E-state index contributed by atoms with van der Waals surface area (Å²) >= 11 is 5.93. The molecule has 3 aliphatic rings. The highest BCUT2D eigenvalue weighted by Gasteiger charge is 2.49. The fourth-order valence-electron chi connectivity index (χ4n) is 5.54. The second-order valence-electron chi connectivity index (χ2n) is 9.24. The van der Waals surface area contributed by atoms with Gasteiger partial charge in [0.15, 0.2) is 0 Å². The van der Waals surface area contributed by atoms with Gasteiger partial charge in [-0.05, 0) is 61.6 Å². The van der Waals surface area contributed by atoms with Crippen molar-refractivity contribution in [2.24, 2.45) is 17.8 Å². The Bertz CT molecular complexity index is 875. The normalized spacial score (nSPS) is 27.7. The number of carbonyl (C=O) groups excluding carboxylic acids is 4. The summed E-state index contributed by atoms with van der Waals surface area (Å²) in [6, 6.07) is 6.17. The number of aryl methyl sites for hydroxylation is 1. The lowest BCUT2D eigenvalue weighted by Gasteiger charge is -2.28. The summed E-state index contributed by atoms with van der Waals surface area (Å²) in [6.45, 7) is 1.20. The largest absolute Gasteiger partial charge is 0.356 e. The Kier molecular flexibility index (Phi) is 7.13. The molecular weight excluding hydrogens is 430 g/mol. The molecule has 8 heteroatoms. The molecule has 1 aromatic carbocycles. The van der Waals surface area contributed by atoms with E-state index in [1.807, 2.05) is 24.3 Å². The quantitative estimate of drug-likeness (QED) is 0.582. The van der Waals surface area contributed by atoms with Crippen molar-refractivity contribution in [2.45, 2.75) is 57.0 Å². The van der Waals surface area contributed by atoms with E-state index in [1.54, 1.807) is 4.90 Å². The minimum absolute atomic E-state index is 0.0349. The lowest BCUT2D eigenvalue weighted by Crippen LogP contribution is -2.52. The highest BCUT2D eigenvalue weighted by molar-refractivity contribution is 6.30. The van der Waals surface area contributed by atoms with E-state index in [2.05, 4.69) is 10.6 Å². The lowest BCUT2D eigenvalue weighted by atomic mass is 9.92. The van der Waals surface area contributed by atoms with Gasteiger partial charge in [0.25, 0.3) is 0 Å². The van der Waals surface area contributed by atoms with Crippen LogP contribution in [0.3, 0.4) is 0 Å². The zero-order valence-corrected chi connectivity index (χ0v) is 18.9. The van der Waals surface area contributed by atoms with Crippen molar-refractivity contribution in [1.29, 1.82) is 0 Å². The SMILES string of the molecule is O=C[C@H](C[C@@H]1CCNC1=O)NC(=O)C1[C@@H]2CCC[C@H]2CN1C(=O)CCc1ccc(Cl)cc1. The summed E-state index contributed by atoms with van der Waals surface area (Å²) in [6.07, 6.45) is 5.58. The van der Waals surface area contributed by atoms with E-state index < -0.39 is 12.1 Å². The molecule has 2 saturated heterocycles. The van der Waals surface area contributed by atoms with Gasteiger partial charge in [-0.2, -0.15) is 0 Å². The first-order valence-electron chi connectivity index (χ1n) is 11.5. The van der Waals surface area contributed by atoms with Gasteiger partial charge < -0.3 is 20.3 Å². The van der Waals surface area contributed by atoms with Crippen molar-refractivity contribution in [2.75, 3.05) is 13.1 Å². The number of likely N-dealkylation sites (tertiary alicyclic amines) is 1. The molecule has 5 atom stereocenters. The van der Waals surface area contributed by atoms with Crippen molar-refractivity contribution >= 4 is 35.6 Å². The number of nitrogens with zero attached hydrogens (tertiary/aromatic N) is 1. The van der Waals surface area contributed by atoms with Crippen LogP contribution in [-0.2, 0) is 25.6 Å². The zero-order chi connectivity index (χ0) is 22.7. The van der Waals surface area contributed by atoms with Crippen LogP contribution >= 0.6 is 11.6 Å². The Morgan fingerprint density at radius 3 is 2.69 bits per heavy atom. The number of hydrogen-bond acceptors (Lipinski definition) is 4. The van der Waals surface area contributed by atoms with Gasteiger partial charge >= 0.3 is 0 Å². The van der Waals surface area contributed by atoms with Crippen LogP contribution in [0.5, 0.6) is 0 Å². The van der Waals surface area contributed by atoms with Crippen LogP contribution in [0.4, 0.5) is 0 Å². The number of nitrogens with one attached hydrogen (secondary N) is 2. The van der Waals surface area contributed by atoms with Crippen LogP contribution in [0.15, 0.2) is 24.3 Å². The predicted molar refractivity (Wildman–Crippen MR) is 120 cm³/mol. The molecule has 1 saturated carbocycles. The minimum Gasteiger partial charge on any atom is -0.356 e. The zero-order valence-electron chi connectivity index (χ0n) is 18.1. The van der Waals surface area contributed by atoms with Gasteiger partial charge in [0.2, 0.25) is 17.7 Å². The van der Waals surface area contributed by atoms with Gasteiger partial charge in [0.1, 0.15) is 12.3 Å². The molecule has 1 unspecified atom stereocenters. The summed E-state index contributed by atoms with van der Waals surface area (Å²) in [5.41, 5.74) is 1.03. The van der Waals surface area contributed by atoms with E-state index in [4.69, 9.17) is 11.6 Å². The molecule has 1 aromatic rings. The highest BCUT2D eigenvalue weighted by atomic mass is 35.5. The fourth-order valence-corrected chi connectivity index (χ4v) is 5.66. The van der Waals surface area contributed by atoms with E-state index >= 15 is 0 Å². The van der Waals surface area contributed by atoms with Gasteiger partial charge in [-0.1, -0.05) is 30.2 Å². The second kappa shape index (κ2) is 10.0. The van der Waals surface area contributed by atoms with E-state index in [9.17, 15) is 19.2 Å². The molecule has 1 aliphatic carbocycles. The molecule has 7 nitrogen and oxygen atoms in total. The molecule has 3 amide bonds. The Morgan fingerprint density at radius 2 is 2.00 bits per heavy atom. The van der Waals surface area contributed by atoms with E-state index in [1.165, 1.54) is 0 Å². The van der Waals surface area contributed by atoms with Crippen molar-refractivity contribution in [1.82, 2.24) is 15.5 Å².